The van der Waals surface area contributed by atoms with Gasteiger partial charge in [-0.3, -0.25) is 14.5 Å². The Morgan fingerprint density at radius 2 is 2.07 bits per heavy atom. The molecule has 15 nitrogen and oxygen atoms in total. The molecule has 2 amide bonds. The van der Waals surface area contributed by atoms with E-state index in [1.54, 1.807) is 17.0 Å². The van der Waals surface area contributed by atoms with Crippen LogP contribution in [0.1, 0.15) is 25.0 Å². The molecular weight excluding hydrogens is 609 g/mol. The van der Waals surface area contributed by atoms with E-state index in [4.69, 9.17) is 16.3 Å². The van der Waals surface area contributed by atoms with Crippen molar-refractivity contribution in [2.45, 2.75) is 42.8 Å². The lowest BCUT2D eigenvalue weighted by molar-refractivity contribution is -0.687. The maximum atomic E-state index is 13.3. The second kappa shape index (κ2) is 10.5. The predicted molar refractivity (Wildman–Crippen MR) is 150 cm³/mol. The first kappa shape index (κ1) is 27.9. The number of anilines is 2. The number of thioether (sulfide) groups is 1. The van der Waals surface area contributed by atoms with Gasteiger partial charge in [-0.05, 0) is 6.42 Å². The molecule has 2 aliphatic heterocycles. The van der Waals surface area contributed by atoms with Crippen LogP contribution in [-0.4, -0.2) is 72.2 Å². The van der Waals surface area contributed by atoms with E-state index in [2.05, 4.69) is 20.4 Å². The maximum absolute atomic E-state index is 13.3. The van der Waals surface area contributed by atoms with E-state index in [1.807, 2.05) is 6.07 Å². The summed E-state index contributed by atoms with van der Waals surface area (Å²) in [6.07, 6.45) is 4.58. The Morgan fingerprint density at radius 1 is 1.29 bits per heavy atom. The molecule has 3 aromatic heterocycles. The molecule has 2 fully saturated rings. The SMILES string of the molecule is Nc1nc(/C(=N\OC2(C(=O)O)CCC2)C(=O)NC2C(=O)N3C(C(=O)[O-])=C(C[n+]4ccc5sc(N)nc5c4)CS[C@H]23)cs1. The number of rotatable bonds is 9. The average molecular weight is 631 g/mol. The van der Waals surface area contributed by atoms with Crippen molar-refractivity contribution in [3.05, 3.63) is 40.8 Å². The third kappa shape index (κ3) is 4.80. The zero-order valence-electron chi connectivity index (χ0n) is 21.5. The largest absolute Gasteiger partial charge is 0.543 e. The van der Waals surface area contributed by atoms with Crippen molar-refractivity contribution < 1.29 is 38.8 Å². The molecule has 0 radical (unpaired) electrons. The van der Waals surface area contributed by atoms with E-state index in [1.165, 1.54) is 28.5 Å². The second-order valence-electron chi connectivity index (χ2n) is 9.77. The van der Waals surface area contributed by atoms with Crippen molar-refractivity contribution in [1.82, 2.24) is 20.2 Å². The first-order chi connectivity index (χ1) is 20.1. The summed E-state index contributed by atoms with van der Waals surface area (Å²) in [7, 11) is 0. The summed E-state index contributed by atoms with van der Waals surface area (Å²) in [5.41, 5.74) is 10.5. The van der Waals surface area contributed by atoms with Gasteiger partial charge in [-0.1, -0.05) is 16.5 Å². The summed E-state index contributed by atoms with van der Waals surface area (Å²) < 4.78 is 2.63. The minimum absolute atomic E-state index is 0.0447. The van der Waals surface area contributed by atoms with Crippen molar-refractivity contribution in [3.63, 3.8) is 0 Å². The van der Waals surface area contributed by atoms with E-state index in [0.29, 0.717) is 22.6 Å². The number of carboxylic acid groups (broad SMARTS) is 2. The number of nitrogens with zero attached hydrogens (tertiary/aromatic N) is 5. The molecule has 0 bridgehead atoms. The number of nitrogen functional groups attached to an aromatic ring is 2. The number of fused-ring (bicyclic) bond motifs is 2. The number of amides is 2. The summed E-state index contributed by atoms with van der Waals surface area (Å²) in [5.74, 6) is -3.97. The summed E-state index contributed by atoms with van der Waals surface area (Å²) >= 11 is 3.65. The van der Waals surface area contributed by atoms with Gasteiger partial charge < -0.3 is 36.6 Å². The predicted octanol–water partition coefficient (Wildman–Crippen LogP) is -0.963. The molecule has 42 heavy (non-hydrogen) atoms. The minimum atomic E-state index is -1.55. The van der Waals surface area contributed by atoms with Gasteiger partial charge in [-0.2, -0.15) is 4.57 Å². The number of aliphatic carboxylic acids is 2. The summed E-state index contributed by atoms with van der Waals surface area (Å²) in [6.45, 7) is 0.169. The van der Waals surface area contributed by atoms with Crippen molar-refractivity contribution in [2.75, 3.05) is 17.2 Å². The number of carbonyl (C=O) groups is 4. The van der Waals surface area contributed by atoms with Gasteiger partial charge in [0.1, 0.15) is 22.6 Å². The van der Waals surface area contributed by atoms with Crippen LogP contribution in [0, 0.1) is 0 Å². The highest BCUT2D eigenvalue weighted by molar-refractivity contribution is 8.00. The summed E-state index contributed by atoms with van der Waals surface area (Å²) in [5, 5.41) is 29.5. The van der Waals surface area contributed by atoms with Gasteiger partial charge in [0.05, 0.1) is 16.4 Å². The van der Waals surface area contributed by atoms with Crippen LogP contribution in [0.2, 0.25) is 0 Å². The molecule has 3 aromatic rings. The highest BCUT2D eigenvalue weighted by atomic mass is 32.2. The Bertz CT molecular complexity index is 1710. The molecule has 6 N–H and O–H groups in total. The Kier molecular flexibility index (Phi) is 6.98. The van der Waals surface area contributed by atoms with Crippen molar-refractivity contribution in [3.8, 4) is 0 Å². The molecule has 1 unspecified atom stereocenters. The number of carbonyl (C=O) groups excluding carboxylic acids is 3. The normalized spacial score (nSPS) is 21.4. The highest BCUT2D eigenvalue weighted by Crippen LogP contribution is 2.40. The Morgan fingerprint density at radius 3 is 2.71 bits per heavy atom. The van der Waals surface area contributed by atoms with Crippen LogP contribution in [0.3, 0.4) is 0 Å². The Balaban J connectivity index is 1.22. The van der Waals surface area contributed by atoms with Gasteiger partial charge in [0.25, 0.3) is 11.8 Å². The number of pyridine rings is 1. The second-order valence-corrected chi connectivity index (χ2v) is 12.8. The third-order valence-corrected chi connectivity index (χ3v) is 10.0. The van der Waals surface area contributed by atoms with Crippen LogP contribution in [0.25, 0.3) is 10.2 Å². The number of aromatic nitrogens is 3. The number of β-lactam (4-membered cyclic amide) rings is 1. The minimum Gasteiger partial charge on any atom is -0.543 e. The van der Waals surface area contributed by atoms with Crippen LogP contribution >= 0.6 is 34.4 Å². The third-order valence-electron chi connectivity index (χ3n) is 7.15. The molecule has 18 heteroatoms. The van der Waals surface area contributed by atoms with Crippen LogP contribution < -0.4 is 26.5 Å². The summed E-state index contributed by atoms with van der Waals surface area (Å²) in [6, 6.07) is 0.739. The lowest BCUT2D eigenvalue weighted by atomic mass is 9.80. The fourth-order valence-corrected chi connectivity index (χ4v) is 7.42. The van der Waals surface area contributed by atoms with E-state index < -0.39 is 40.8 Å². The zero-order valence-corrected chi connectivity index (χ0v) is 24.0. The molecule has 0 aromatic carbocycles. The number of nitrogens with one attached hydrogen (secondary N) is 1. The maximum Gasteiger partial charge on any atom is 0.350 e. The number of thiazole rings is 2. The number of oxime groups is 1. The lowest BCUT2D eigenvalue weighted by Gasteiger charge is -2.50. The van der Waals surface area contributed by atoms with Gasteiger partial charge in [0.15, 0.2) is 34.9 Å². The molecule has 1 aliphatic carbocycles. The van der Waals surface area contributed by atoms with Gasteiger partial charge >= 0.3 is 5.97 Å². The molecule has 6 rings (SSSR count). The standard InChI is InChI=1S/C24H22N8O7S3/c25-22-28-12(9-41-22)14(30-39-24(21(37)38)3-1-4-24)17(33)29-15-18(34)32-16(20(35)36)10(8-40-19(15)32)6-31-5-2-13-11(7-31)27-23(26)42-13/h2,5,7,9,15,19H,1,3-4,6,8H2,(H6-,25,26,27,28,29,33,35,36,37,38)/b30-14+/t15?,19-/m1/s1. The Hall–Kier alpha value is -4.29. The molecule has 0 spiro atoms. The van der Waals surface area contributed by atoms with E-state index in [-0.39, 0.29) is 47.4 Å². The zero-order chi connectivity index (χ0) is 29.8. The molecule has 1 saturated heterocycles. The highest BCUT2D eigenvalue weighted by Gasteiger charge is 2.54. The van der Waals surface area contributed by atoms with Gasteiger partial charge in [0, 0.05) is 35.6 Å². The smallest absolute Gasteiger partial charge is 0.350 e. The van der Waals surface area contributed by atoms with Crippen molar-refractivity contribution in [2.24, 2.45) is 5.16 Å². The van der Waals surface area contributed by atoms with Crippen molar-refractivity contribution in [1.29, 1.82) is 0 Å². The van der Waals surface area contributed by atoms with Crippen LogP contribution in [0.4, 0.5) is 10.3 Å². The monoisotopic (exact) mass is 630 g/mol. The number of hydrogen-bond acceptors (Lipinski definition) is 14. The topological polar surface area (TPSA) is 230 Å². The quantitative estimate of drug-likeness (QED) is 0.0969. The molecule has 2 atom stereocenters. The van der Waals surface area contributed by atoms with Crippen molar-refractivity contribution >= 4 is 84.4 Å². The summed E-state index contributed by atoms with van der Waals surface area (Å²) in [4.78, 5) is 65.2. The van der Waals surface area contributed by atoms with E-state index >= 15 is 0 Å². The van der Waals surface area contributed by atoms with Crippen LogP contribution in [0.15, 0.2) is 40.3 Å². The van der Waals surface area contributed by atoms with Crippen LogP contribution in [0.5, 0.6) is 0 Å². The average Bonchev–Trinajstić information content (AvgIpc) is 3.51. The lowest BCUT2D eigenvalue weighted by Crippen LogP contribution is -2.71. The van der Waals surface area contributed by atoms with Crippen LogP contribution in [-0.2, 0) is 30.6 Å². The van der Waals surface area contributed by atoms with Gasteiger partial charge in [0.2, 0.25) is 5.60 Å². The Labute approximate surface area is 248 Å². The first-order valence-corrected chi connectivity index (χ1v) is 15.3. The number of carboxylic acids is 2. The van der Waals surface area contributed by atoms with Gasteiger partial charge in [-0.15, -0.1) is 23.1 Å². The fraction of sp³-hybridized carbons (Fsp3) is 0.333. The number of hydrogen-bond donors (Lipinski definition) is 4. The van der Waals surface area contributed by atoms with Gasteiger partial charge in [-0.25, -0.2) is 14.8 Å². The number of nitrogens with two attached hydrogens (primary N) is 2. The first-order valence-electron chi connectivity index (χ1n) is 12.5. The molecule has 1 saturated carbocycles. The molecular formula is C24H22N8O7S3. The molecule has 3 aliphatic rings. The van der Waals surface area contributed by atoms with E-state index in [9.17, 15) is 29.4 Å². The molecule has 218 valence electrons. The van der Waals surface area contributed by atoms with E-state index in [0.717, 1.165) is 20.9 Å². The fourth-order valence-electron chi connectivity index (χ4n) is 4.83. The molecule has 5 heterocycles.